The van der Waals surface area contributed by atoms with Crippen molar-refractivity contribution < 1.29 is 14.3 Å². The van der Waals surface area contributed by atoms with Gasteiger partial charge in [0.1, 0.15) is 17.1 Å². The largest absolute Gasteiger partial charge is 0.497 e. The maximum absolute atomic E-state index is 11.8. The minimum absolute atomic E-state index is 0.125. The summed E-state index contributed by atoms with van der Waals surface area (Å²) in [6, 6.07) is 5.24. The van der Waals surface area contributed by atoms with Crippen LogP contribution in [0.2, 0.25) is 0 Å². The van der Waals surface area contributed by atoms with Crippen molar-refractivity contribution in [2.45, 2.75) is 19.4 Å². The number of nitrogens with one attached hydrogen (secondary N) is 1. The molecular formula is C12H15NO3. The molecule has 4 nitrogen and oxygen atoms in total. The maximum Gasteiger partial charge on any atom is 0.255 e. The van der Waals surface area contributed by atoms with Crippen molar-refractivity contribution in [2.24, 2.45) is 0 Å². The van der Waals surface area contributed by atoms with Crippen LogP contribution in [0.15, 0.2) is 18.2 Å². The summed E-state index contributed by atoms with van der Waals surface area (Å²) in [7, 11) is 1.57. The van der Waals surface area contributed by atoms with Crippen LogP contribution in [0.3, 0.4) is 0 Å². The first-order chi connectivity index (χ1) is 7.52. The van der Waals surface area contributed by atoms with Gasteiger partial charge >= 0.3 is 0 Å². The van der Waals surface area contributed by atoms with Gasteiger partial charge in [0.05, 0.1) is 19.2 Å². The van der Waals surface area contributed by atoms with Gasteiger partial charge in [-0.25, -0.2) is 0 Å². The van der Waals surface area contributed by atoms with Crippen LogP contribution in [0.5, 0.6) is 11.5 Å². The second-order valence-corrected chi connectivity index (χ2v) is 4.41. The molecular weight excluding hydrogens is 206 g/mol. The molecule has 4 heteroatoms. The normalized spacial score (nSPS) is 17.8. The van der Waals surface area contributed by atoms with Gasteiger partial charge in [-0.15, -0.1) is 0 Å². The third kappa shape index (κ3) is 1.96. The SMILES string of the molecule is COc1ccc2c(c1)C(=O)NCC(C)(C)O2. The van der Waals surface area contributed by atoms with E-state index in [-0.39, 0.29) is 5.91 Å². The summed E-state index contributed by atoms with van der Waals surface area (Å²) in [5.74, 6) is 1.12. The summed E-state index contributed by atoms with van der Waals surface area (Å²) in [5.41, 5.74) is 0.125. The predicted molar refractivity (Wildman–Crippen MR) is 60.0 cm³/mol. The lowest BCUT2D eigenvalue weighted by Crippen LogP contribution is -2.39. The van der Waals surface area contributed by atoms with Crippen LogP contribution < -0.4 is 14.8 Å². The van der Waals surface area contributed by atoms with Gasteiger partial charge in [0, 0.05) is 0 Å². The Morgan fingerprint density at radius 2 is 2.19 bits per heavy atom. The average molecular weight is 221 g/mol. The lowest BCUT2D eigenvalue weighted by Gasteiger charge is -2.23. The van der Waals surface area contributed by atoms with Crippen molar-refractivity contribution in [1.82, 2.24) is 5.32 Å². The number of carbonyl (C=O) groups is 1. The number of carbonyl (C=O) groups excluding carboxylic acids is 1. The Morgan fingerprint density at radius 1 is 1.44 bits per heavy atom. The van der Waals surface area contributed by atoms with Gasteiger partial charge in [-0.3, -0.25) is 4.79 Å². The molecule has 1 aromatic rings. The molecule has 86 valence electrons. The van der Waals surface area contributed by atoms with Gasteiger partial charge in [-0.05, 0) is 32.0 Å². The average Bonchev–Trinajstić information content (AvgIpc) is 2.36. The first kappa shape index (κ1) is 10.8. The molecule has 0 spiro atoms. The third-order valence-corrected chi connectivity index (χ3v) is 2.49. The van der Waals surface area contributed by atoms with Crippen molar-refractivity contribution in [3.05, 3.63) is 23.8 Å². The molecule has 16 heavy (non-hydrogen) atoms. The Labute approximate surface area is 94.6 Å². The van der Waals surface area contributed by atoms with Crippen LogP contribution in [-0.4, -0.2) is 25.2 Å². The Hall–Kier alpha value is -1.71. The Balaban J connectivity index is 2.46. The molecule has 0 aliphatic carbocycles. The highest BCUT2D eigenvalue weighted by Gasteiger charge is 2.28. The predicted octanol–water partition coefficient (Wildman–Crippen LogP) is 1.60. The Kier molecular flexibility index (Phi) is 2.50. The van der Waals surface area contributed by atoms with Gasteiger partial charge in [0.15, 0.2) is 0 Å². The summed E-state index contributed by atoms with van der Waals surface area (Å²) in [5, 5.41) is 2.82. The maximum atomic E-state index is 11.8. The summed E-state index contributed by atoms with van der Waals surface area (Å²) < 4.78 is 10.9. The van der Waals surface area contributed by atoms with E-state index in [2.05, 4.69) is 5.32 Å². The monoisotopic (exact) mass is 221 g/mol. The first-order valence-corrected chi connectivity index (χ1v) is 5.17. The molecule has 0 fully saturated rings. The number of benzene rings is 1. The number of rotatable bonds is 1. The Bertz CT molecular complexity index is 426. The van der Waals surface area contributed by atoms with Crippen LogP contribution in [0.1, 0.15) is 24.2 Å². The van der Waals surface area contributed by atoms with E-state index in [4.69, 9.17) is 9.47 Å². The van der Waals surface area contributed by atoms with Crippen molar-refractivity contribution in [3.8, 4) is 11.5 Å². The molecule has 1 N–H and O–H groups in total. The molecule has 2 rings (SSSR count). The zero-order valence-electron chi connectivity index (χ0n) is 9.66. The minimum Gasteiger partial charge on any atom is -0.497 e. The Morgan fingerprint density at radius 3 is 2.88 bits per heavy atom. The van der Waals surface area contributed by atoms with Crippen LogP contribution in [-0.2, 0) is 0 Å². The zero-order valence-corrected chi connectivity index (χ0v) is 9.66. The molecule has 1 heterocycles. The molecule has 0 saturated heterocycles. The standard InChI is InChI=1S/C12H15NO3/c1-12(2)7-13-11(14)9-6-8(15-3)4-5-10(9)16-12/h4-6H,7H2,1-3H3,(H,13,14). The van der Waals surface area contributed by atoms with Crippen molar-refractivity contribution in [2.75, 3.05) is 13.7 Å². The summed E-state index contributed by atoms with van der Waals surface area (Å²) in [6.45, 7) is 4.36. The number of amides is 1. The van der Waals surface area contributed by atoms with Crippen LogP contribution >= 0.6 is 0 Å². The van der Waals surface area contributed by atoms with Crippen LogP contribution in [0, 0.1) is 0 Å². The molecule has 1 aromatic carbocycles. The highest BCUT2D eigenvalue weighted by Crippen LogP contribution is 2.29. The molecule has 1 amide bonds. The van der Waals surface area contributed by atoms with Gasteiger partial charge in [-0.1, -0.05) is 0 Å². The van der Waals surface area contributed by atoms with E-state index in [0.717, 1.165) is 0 Å². The molecule has 0 saturated carbocycles. The van der Waals surface area contributed by atoms with Crippen molar-refractivity contribution in [1.29, 1.82) is 0 Å². The zero-order chi connectivity index (χ0) is 11.8. The molecule has 0 aromatic heterocycles. The van der Waals surface area contributed by atoms with E-state index in [1.54, 1.807) is 25.3 Å². The van der Waals surface area contributed by atoms with Gasteiger partial charge in [0.25, 0.3) is 5.91 Å². The smallest absolute Gasteiger partial charge is 0.255 e. The van der Waals surface area contributed by atoms with Gasteiger partial charge in [0.2, 0.25) is 0 Å². The molecule has 0 bridgehead atoms. The molecule has 0 radical (unpaired) electrons. The molecule has 0 atom stereocenters. The van der Waals surface area contributed by atoms with E-state index in [1.165, 1.54) is 0 Å². The quantitative estimate of drug-likeness (QED) is 0.783. The summed E-state index contributed by atoms with van der Waals surface area (Å²) >= 11 is 0. The fraction of sp³-hybridized carbons (Fsp3) is 0.417. The summed E-state index contributed by atoms with van der Waals surface area (Å²) in [6.07, 6.45) is 0. The van der Waals surface area contributed by atoms with E-state index in [1.807, 2.05) is 13.8 Å². The van der Waals surface area contributed by atoms with E-state index >= 15 is 0 Å². The lowest BCUT2D eigenvalue weighted by atomic mass is 10.1. The number of methoxy groups -OCH3 is 1. The highest BCUT2D eigenvalue weighted by molar-refractivity contribution is 5.97. The van der Waals surface area contributed by atoms with Crippen molar-refractivity contribution in [3.63, 3.8) is 0 Å². The minimum atomic E-state index is -0.393. The van der Waals surface area contributed by atoms with Crippen LogP contribution in [0.25, 0.3) is 0 Å². The van der Waals surface area contributed by atoms with Gasteiger partial charge in [-0.2, -0.15) is 0 Å². The van der Waals surface area contributed by atoms with Crippen molar-refractivity contribution >= 4 is 5.91 Å². The third-order valence-electron chi connectivity index (χ3n) is 2.49. The highest BCUT2D eigenvalue weighted by atomic mass is 16.5. The topological polar surface area (TPSA) is 47.6 Å². The fourth-order valence-corrected chi connectivity index (χ4v) is 1.62. The first-order valence-electron chi connectivity index (χ1n) is 5.17. The van der Waals surface area contributed by atoms with Crippen LogP contribution in [0.4, 0.5) is 0 Å². The second kappa shape index (κ2) is 3.70. The van der Waals surface area contributed by atoms with E-state index < -0.39 is 5.60 Å². The lowest BCUT2D eigenvalue weighted by molar-refractivity contribution is 0.0907. The molecule has 1 aliphatic heterocycles. The number of ether oxygens (including phenoxy) is 2. The van der Waals surface area contributed by atoms with E-state index in [0.29, 0.717) is 23.6 Å². The second-order valence-electron chi connectivity index (χ2n) is 4.41. The van der Waals surface area contributed by atoms with E-state index in [9.17, 15) is 4.79 Å². The number of hydrogen-bond acceptors (Lipinski definition) is 3. The fourth-order valence-electron chi connectivity index (χ4n) is 1.62. The van der Waals surface area contributed by atoms with Gasteiger partial charge < -0.3 is 14.8 Å². The summed E-state index contributed by atoms with van der Waals surface area (Å²) in [4.78, 5) is 11.8. The molecule has 1 aliphatic rings. The number of fused-ring (bicyclic) bond motifs is 1. The number of hydrogen-bond donors (Lipinski definition) is 1. The molecule has 0 unspecified atom stereocenters.